The maximum Gasteiger partial charge on any atom is 0.337 e. The highest BCUT2D eigenvalue weighted by Gasteiger charge is 2.15. The van der Waals surface area contributed by atoms with Crippen molar-refractivity contribution in [2.24, 2.45) is 0 Å². The van der Waals surface area contributed by atoms with Crippen LogP contribution < -0.4 is 10.1 Å². The molecule has 1 amide bonds. The molecule has 0 saturated heterocycles. The molecular weight excluding hydrogens is 437 g/mol. The number of carbonyl (C=O) groups is 2. The van der Waals surface area contributed by atoms with Gasteiger partial charge in [-0.25, -0.2) is 9.18 Å². The van der Waals surface area contributed by atoms with E-state index in [1.54, 1.807) is 48.5 Å². The highest BCUT2D eigenvalue weighted by atomic mass is 19.1. The number of esters is 1. The Morgan fingerprint density at radius 1 is 1.06 bits per heavy atom. The summed E-state index contributed by atoms with van der Waals surface area (Å²) in [5, 5.41) is 2.76. The van der Waals surface area contributed by atoms with Gasteiger partial charge in [0.25, 0.3) is 0 Å². The van der Waals surface area contributed by atoms with Gasteiger partial charge in [0, 0.05) is 34.0 Å². The predicted octanol–water partition coefficient (Wildman–Crippen LogP) is 4.53. The second-order valence-electron chi connectivity index (χ2n) is 7.32. The Morgan fingerprint density at radius 2 is 1.82 bits per heavy atom. The number of benzene rings is 3. The molecular formula is C27H20FNO5. The zero-order valence-electron chi connectivity index (χ0n) is 18.3. The molecule has 1 aliphatic heterocycles. The molecule has 0 bridgehead atoms. The minimum Gasteiger partial charge on any atom is -0.467 e. The van der Waals surface area contributed by atoms with Gasteiger partial charge in [0.15, 0.2) is 6.79 Å². The monoisotopic (exact) mass is 457 g/mol. The van der Waals surface area contributed by atoms with Crippen LogP contribution in [0, 0.1) is 17.7 Å². The van der Waals surface area contributed by atoms with E-state index < -0.39 is 11.8 Å². The quantitative estimate of drug-likeness (QED) is 0.354. The molecule has 0 unspecified atom stereocenters. The van der Waals surface area contributed by atoms with Crippen LogP contribution in [0.4, 0.5) is 10.1 Å². The normalized spacial score (nSPS) is 12.2. The third-order valence-corrected chi connectivity index (χ3v) is 4.88. The van der Waals surface area contributed by atoms with E-state index >= 15 is 0 Å². The number of rotatable bonds is 4. The fraction of sp³-hybridized carbons (Fsp3) is 0.111. The molecule has 4 rings (SSSR count). The van der Waals surface area contributed by atoms with E-state index in [4.69, 9.17) is 14.2 Å². The van der Waals surface area contributed by atoms with Crippen molar-refractivity contribution in [1.29, 1.82) is 0 Å². The van der Waals surface area contributed by atoms with Crippen LogP contribution in [-0.4, -0.2) is 25.8 Å². The topological polar surface area (TPSA) is 73.9 Å². The van der Waals surface area contributed by atoms with Gasteiger partial charge >= 0.3 is 5.97 Å². The van der Waals surface area contributed by atoms with Crippen LogP contribution in [-0.2, 0) is 20.9 Å². The first-order valence-corrected chi connectivity index (χ1v) is 10.3. The highest BCUT2D eigenvalue weighted by molar-refractivity contribution is 6.02. The number of carbonyl (C=O) groups excluding carboxylic acids is 2. The molecule has 0 aromatic heterocycles. The summed E-state index contributed by atoms with van der Waals surface area (Å²) in [4.78, 5) is 24.1. The minimum atomic E-state index is -0.434. The van der Waals surface area contributed by atoms with Crippen LogP contribution >= 0.6 is 0 Å². The second-order valence-corrected chi connectivity index (χ2v) is 7.32. The van der Waals surface area contributed by atoms with Gasteiger partial charge in [0.1, 0.15) is 11.6 Å². The Labute approximate surface area is 196 Å². The standard InChI is InChI=1S/C27H20FNO5/c1-32-27(31)21-6-2-4-18(12-21)8-9-19-5-3-7-24(13-19)29-25(30)11-10-20-14-23(28)15-22-16-33-17-34-26(20)22/h2-7,10-15H,16-17H2,1H3,(H,29,30)/b11-10+. The van der Waals surface area contributed by atoms with Crippen molar-refractivity contribution in [1.82, 2.24) is 0 Å². The summed E-state index contributed by atoms with van der Waals surface area (Å²) < 4.78 is 29.2. The van der Waals surface area contributed by atoms with Crippen molar-refractivity contribution < 1.29 is 28.2 Å². The third-order valence-electron chi connectivity index (χ3n) is 4.88. The number of anilines is 1. The van der Waals surface area contributed by atoms with Crippen molar-refractivity contribution >= 4 is 23.6 Å². The van der Waals surface area contributed by atoms with Gasteiger partial charge in [-0.3, -0.25) is 4.79 Å². The highest BCUT2D eigenvalue weighted by Crippen LogP contribution is 2.30. The van der Waals surface area contributed by atoms with E-state index in [2.05, 4.69) is 17.2 Å². The summed E-state index contributed by atoms with van der Waals surface area (Å²) in [5.74, 6) is 5.27. The Hall–Kier alpha value is -4.41. The molecule has 1 aliphatic rings. The number of hydrogen-bond donors (Lipinski definition) is 1. The lowest BCUT2D eigenvalue weighted by Gasteiger charge is -2.19. The molecule has 7 heteroatoms. The van der Waals surface area contributed by atoms with Gasteiger partial charge in [-0.15, -0.1) is 0 Å². The van der Waals surface area contributed by atoms with E-state index in [9.17, 15) is 14.0 Å². The Morgan fingerprint density at radius 3 is 2.62 bits per heavy atom. The molecule has 0 radical (unpaired) electrons. The molecule has 3 aromatic rings. The molecule has 3 aromatic carbocycles. The number of fused-ring (bicyclic) bond motifs is 1. The lowest BCUT2D eigenvalue weighted by molar-refractivity contribution is -0.111. The van der Waals surface area contributed by atoms with E-state index in [1.807, 2.05) is 0 Å². The van der Waals surface area contributed by atoms with Crippen LogP contribution in [0.5, 0.6) is 5.75 Å². The summed E-state index contributed by atoms with van der Waals surface area (Å²) in [6.07, 6.45) is 2.81. The smallest absolute Gasteiger partial charge is 0.337 e. The number of methoxy groups -OCH3 is 1. The fourth-order valence-corrected chi connectivity index (χ4v) is 3.34. The first-order chi connectivity index (χ1) is 16.5. The Bertz CT molecular complexity index is 1340. The molecule has 1 heterocycles. The molecule has 0 atom stereocenters. The SMILES string of the molecule is COC(=O)c1cccc(C#Cc2cccc(NC(=O)/C=C/c3cc(F)cc4c3OCOC4)c2)c1. The van der Waals surface area contributed by atoms with Crippen molar-refractivity contribution in [3.63, 3.8) is 0 Å². The van der Waals surface area contributed by atoms with Crippen molar-refractivity contribution in [2.75, 3.05) is 19.2 Å². The maximum atomic E-state index is 13.9. The lowest BCUT2D eigenvalue weighted by atomic mass is 10.1. The van der Waals surface area contributed by atoms with E-state index in [0.717, 1.165) is 0 Å². The minimum absolute atomic E-state index is 0.0759. The third kappa shape index (κ3) is 5.68. The second kappa shape index (κ2) is 10.5. The largest absolute Gasteiger partial charge is 0.467 e. The first kappa shape index (κ1) is 22.8. The Kier molecular flexibility index (Phi) is 7.01. The summed E-state index contributed by atoms with van der Waals surface area (Å²) in [5.41, 5.74) is 3.36. The zero-order chi connectivity index (χ0) is 23.9. The van der Waals surface area contributed by atoms with Gasteiger partial charge in [0.05, 0.1) is 19.3 Å². The number of ether oxygens (including phenoxy) is 3. The van der Waals surface area contributed by atoms with Crippen LogP contribution in [0.2, 0.25) is 0 Å². The van der Waals surface area contributed by atoms with Crippen molar-refractivity contribution in [3.8, 4) is 17.6 Å². The zero-order valence-corrected chi connectivity index (χ0v) is 18.3. The predicted molar refractivity (Wildman–Crippen MR) is 125 cm³/mol. The van der Waals surface area contributed by atoms with Gasteiger partial charge in [-0.1, -0.05) is 24.0 Å². The van der Waals surface area contributed by atoms with Crippen LogP contribution in [0.15, 0.2) is 66.7 Å². The lowest BCUT2D eigenvalue weighted by Crippen LogP contribution is -2.13. The maximum absolute atomic E-state index is 13.9. The summed E-state index contributed by atoms with van der Waals surface area (Å²) >= 11 is 0. The average Bonchev–Trinajstić information content (AvgIpc) is 2.86. The Balaban J connectivity index is 1.46. The average molecular weight is 457 g/mol. The van der Waals surface area contributed by atoms with Crippen molar-refractivity contribution in [2.45, 2.75) is 6.61 Å². The molecule has 0 fully saturated rings. The summed E-state index contributed by atoms with van der Waals surface area (Å²) in [6.45, 7) is 0.327. The van der Waals surface area contributed by atoms with E-state index in [0.29, 0.717) is 39.3 Å². The number of amides is 1. The fourth-order valence-electron chi connectivity index (χ4n) is 3.34. The summed E-state index contributed by atoms with van der Waals surface area (Å²) in [6, 6.07) is 16.5. The van der Waals surface area contributed by atoms with Crippen LogP contribution in [0.1, 0.15) is 32.6 Å². The first-order valence-electron chi connectivity index (χ1n) is 10.3. The molecule has 0 saturated carbocycles. The molecule has 1 N–H and O–H groups in total. The van der Waals surface area contributed by atoms with Crippen LogP contribution in [0.25, 0.3) is 6.08 Å². The van der Waals surface area contributed by atoms with Gasteiger partial charge in [-0.2, -0.15) is 0 Å². The number of hydrogen-bond acceptors (Lipinski definition) is 5. The molecule has 6 nitrogen and oxygen atoms in total. The molecule has 0 spiro atoms. The van der Waals surface area contributed by atoms with Gasteiger partial charge in [0.2, 0.25) is 5.91 Å². The van der Waals surface area contributed by atoms with E-state index in [1.165, 1.54) is 31.4 Å². The number of nitrogens with one attached hydrogen (secondary N) is 1. The summed E-state index contributed by atoms with van der Waals surface area (Å²) in [7, 11) is 1.32. The van der Waals surface area contributed by atoms with E-state index in [-0.39, 0.29) is 19.3 Å². The molecule has 0 aliphatic carbocycles. The molecule has 170 valence electrons. The van der Waals surface area contributed by atoms with Gasteiger partial charge < -0.3 is 19.5 Å². The number of halogens is 1. The van der Waals surface area contributed by atoms with Crippen LogP contribution in [0.3, 0.4) is 0 Å². The molecule has 34 heavy (non-hydrogen) atoms. The van der Waals surface area contributed by atoms with Gasteiger partial charge in [-0.05, 0) is 54.6 Å². The van der Waals surface area contributed by atoms with Crippen molar-refractivity contribution in [3.05, 3.63) is 100 Å².